The number of hydrogen-bond donors (Lipinski definition) is 2. The topological polar surface area (TPSA) is 63.4 Å². The van der Waals surface area contributed by atoms with Gasteiger partial charge >= 0.3 is 0 Å². The van der Waals surface area contributed by atoms with Crippen molar-refractivity contribution < 1.29 is 14.3 Å². The van der Waals surface area contributed by atoms with Crippen LogP contribution in [0.25, 0.3) is 10.9 Å². The summed E-state index contributed by atoms with van der Waals surface area (Å²) in [6.45, 7) is 2.08. The number of nitrogens with one attached hydrogen (secondary N) is 2. The van der Waals surface area contributed by atoms with Crippen molar-refractivity contribution in [2.75, 3.05) is 33.5 Å². The predicted octanol–water partition coefficient (Wildman–Crippen LogP) is 1.56. The second kappa shape index (κ2) is 6.92. The van der Waals surface area contributed by atoms with E-state index in [1.807, 2.05) is 24.3 Å². The Labute approximate surface area is 111 Å². The lowest BCUT2D eigenvalue weighted by atomic mass is 10.1. The van der Waals surface area contributed by atoms with Gasteiger partial charge < -0.3 is 19.8 Å². The number of fused-ring (bicyclic) bond motifs is 1. The summed E-state index contributed by atoms with van der Waals surface area (Å²) in [5.41, 5.74) is 1.62. The predicted molar refractivity (Wildman–Crippen MR) is 73.3 cm³/mol. The maximum atomic E-state index is 12.0. The Bertz CT molecular complexity index is 536. The number of aromatic nitrogens is 1. The molecule has 0 radical (unpaired) electrons. The molecule has 0 unspecified atom stereocenters. The van der Waals surface area contributed by atoms with E-state index in [0.717, 1.165) is 10.9 Å². The van der Waals surface area contributed by atoms with Gasteiger partial charge in [-0.05, 0) is 6.07 Å². The third-order valence-electron chi connectivity index (χ3n) is 2.80. The summed E-state index contributed by atoms with van der Waals surface area (Å²) in [6.07, 6.45) is 1.73. The number of amides is 1. The lowest BCUT2D eigenvalue weighted by Gasteiger charge is -2.05. The summed E-state index contributed by atoms with van der Waals surface area (Å²) >= 11 is 0. The van der Waals surface area contributed by atoms with E-state index < -0.39 is 0 Å². The maximum Gasteiger partial charge on any atom is 0.253 e. The molecule has 0 saturated carbocycles. The van der Waals surface area contributed by atoms with Gasteiger partial charge in [0.25, 0.3) is 5.91 Å². The molecule has 0 aliphatic heterocycles. The Morgan fingerprint density at radius 2 is 2.11 bits per heavy atom. The van der Waals surface area contributed by atoms with Crippen molar-refractivity contribution in [2.45, 2.75) is 0 Å². The third kappa shape index (κ3) is 3.56. The molecule has 1 heterocycles. The molecule has 2 N–H and O–H groups in total. The molecule has 1 aromatic carbocycles. The van der Waals surface area contributed by atoms with Crippen molar-refractivity contribution >= 4 is 16.8 Å². The van der Waals surface area contributed by atoms with Crippen molar-refractivity contribution in [3.63, 3.8) is 0 Å². The smallest absolute Gasteiger partial charge is 0.253 e. The number of benzene rings is 1. The van der Waals surface area contributed by atoms with Crippen LogP contribution in [-0.4, -0.2) is 44.4 Å². The fraction of sp³-hybridized carbons (Fsp3) is 0.357. The van der Waals surface area contributed by atoms with Crippen LogP contribution < -0.4 is 5.32 Å². The number of carbonyl (C=O) groups excluding carboxylic acids is 1. The Hall–Kier alpha value is -1.85. The monoisotopic (exact) mass is 262 g/mol. The summed E-state index contributed by atoms with van der Waals surface area (Å²) < 4.78 is 10.1. The molecule has 1 amide bonds. The number of para-hydroxylation sites is 1. The van der Waals surface area contributed by atoms with Gasteiger partial charge in [0.05, 0.1) is 25.4 Å². The molecule has 0 aliphatic rings. The maximum absolute atomic E-state index is 12.0. The van der Waals surface area contributed by atoms with Gasteiger partial charge in [0, 0.05) is 30.8 Å². The lowest BCUT2D eigenvalue weighted by molar-refractivity contribution is 0.0693. The number of ether oxygens (including phenoxy) is 2. The molecule has 2 aromatic rings. The second-order valence-corrected chi connectivity index (χ2v) is 4.11. The fourth-order valence-electron chi connectivity index (χ4n) is 1.84. The van der Waals surface area contributed by atoms with Crippen LogP contribution >= 0.6 is 0 Å². The summed E-state index contributed by atoms with van der Waals surface area (Å²) in [5, 5.41) is 3.76. The van der Waals surface area contributed by atoms with E-state index in [1.165, 1.54) is 0 Å². The van der Waals surface area contributed by atoms with Crippen molar-refractivity contribution in [1.82, 2.24) is 10.3 Å². The first kappa shape index (κ1) is 13.6. The van der Waals surface area contributed by atoms with E-state index in [9.17, 15) is 4.79 Å². The average Bonchev–Trinajstić information content (AvgIpc) is 2.86. The molecule has 0 spiro atoms. The minimum atomic E-state index is -0.0900. The molecule has 0 fully saturated rings. The summed E-state index contributed by atoms with van der Waals surface area (Å²) in [6, 6.07) is 7.72. The van der Waals surface area contributed by atoms with Gasteiger partial charge in [-0.2, -0.15) is 0 Å². The number of rotatable bonds is 7. The Morgan fingerprint density at radius 1 is 1.26 bits per heavy atom. The molecule has 5 heteroatoms. The lowest BCUT2D eigenvalue weighted by Crippen LogP contribution is -2.27. The summed E-state index contributed by atoms with van der Waals surface area (Å²) in [5.74, 6) is -0.0900. The van der Waals surface area contributed by atoms with Crippen LogP contribution in [-0.2, 0) is 9.47 Å². The van der Waals surface area contributed by atoms with Gasteiger partial charge in [0.15, 0.2) is 0 Å². The van der Waals surface area contributed by atoms with Crippen LogP contribution in [0.2, 0.25) is 0 Å². The first-order chi connectivity index (χ1) is 9.33. The van der Waals surface area contributed by atoms with Crippen LogP contribution in [0, 0.1) is 0 Å². The van der Waals surface area contributed by atoms with E-state index in [2.05, 4.69) is 10.3 Å². The van der Waals surface area contributed by atoms with Gasteiger partial charge in [-0.25, -0.2) is 0 Å². The number of aromatic amines is 1. The van der Waals surface area contributed by atoms with E-state index in [1.54, 1.807) is 13.3 Å². The molecule has 0 bridgehead atoms. The van der Waals surface area contributed by atoms with E-state index in [0.29, 0.717) is 31.9 Å². The van der Waals surface area contributed by atoms with Crippen LogP contribution in [0.15, 0.2) is 30.5 Å². The Kier molecular flexibility index (Phi) is 4.94. The van der Waals surface area contributed by atoms with Crippen molar-refractivity contribution in [3.05, 3.63) is 36.0 Å². The number of carbonyl (C=O) groups is 1. The highest BCUT2D eigenvalue weighted by Gasteiger charge is 2.10. The number of H-pyrrole nitrogens is 1. The quantitative estimate of drug-likeness (QED) is 0.744. The first-order valence-corrected chi connectivity index (χ1v) is 6.24. The zero-order valence-corrected chi connectivity index (χ0v) is 10.9. The molecule has 1 aromatic heterocycles. The molecule has 2 rings (SSSR count). The number of hydrogen-bond acceptors (Lipinski definition) is 3. The fourth-order valence-corrected chi connectivity index (χ4v) is 1.84. The summed E-state index contributed by atoms with van der Waals surface area (Å²) in [7, 11) is 1.63. The van der Waals surface area contributed by atoms with Crippen molar-refractivity contribution in [1.29, 1.82) is 0 Å². The van der Waals surface area contributed by atoms with Crippen LogP contribution in [0.5, 0.6) is 0 Å². The molecule has 0 saturated heterocycles. The van der Waals surface area contributed by atoms with E-state index >= 15 is 0 Å². The Morgan fingerprint density at radius 3 is 2.95 bits per heavy atom. The van der Waals surface area contributed by atoms with Crippen molar-refractivity contribution in [3.8, 4) is 0 Å². The molecular formula is C14H18N2O3. The molecule has 5 nitrogen and oxygen atoms in total. The van der Waals surface area contributed by atoms with Crippen LogP contribution in [0.4, 0.5) is 0 Å². The normalized spacial score (nSPS) is 10.8. The van der Waals surface area contributed by atoms with E-state index in [-0.39, 0.29) is 5.91 Å². The number of methoxy groups -OCH3 is 1. The highest BCUT2D eigenvalue weighted by molar-refractivity contribution is 6.06. The summed E-state index contributed by atoms with van der Waals surface area (Å²) in [4.78, 5) is 15.1. The third-order valence-corrected chi connectivity index (χ3v) is 2.80. The zero-order valence-electron chi connectivity index (χ0n) is 10.9. The van der Waals surface area contributed by atoms with Gasteiger partial charge in [0.1, 0.15) is 0 Å². The van der Waals surface area contributed by atoms with Crippen LogP contribution in [0.3, 0.4) is 0 Å². The minimum Gasteiger partial charge on any atom is -0.382 e. The highest BCUT2D eigenvalue weighted by atomic mass is 16.5. The van der Waals surface area contributed by atoms with E-state index in [4.69, 9.17) is 9.47 Å². The van der Waals surface area contributed by atoms with Crippen LogP contribution in [0.1, 0.15) is 10.4 Å². The standard InChI is InChI=1S/C14H18N2O3/c1-18-8-9-19-7-6-15-14(17)12-10-16-13-5-3-2-4-11(12)13/h2-5,10,16H,6-9H2,1H3,(H,15,17). The highest BCUT2D eigenvalue weighted by Crippen LogP contribution is 2.17. The Balaban J connectivity index is 1.83. The second-order valence-electron chi connectivity index (χ2n) is 4.11. The van der Waals surface area contributed by atoms with Crippen molar-refractivity contribution in [2.24, 2.45) is 0 Å². The van der Waals surface area contributed by atoms with Gasteiger partial charge in [0.2, 0.25) is 0 Å². The van der Waals surface area contributed by atoms with Gasteiger partial charge in [-0.1, -0.05) is 18.2 Å². The zero-order chi connectivity index (χ0) is 13.5. The molecular weight excluding hydrogens is 244 g/mol. The first-order valence-electron chi connectivity index (χ1n) is 6.24. The van der Waals surface area contributed by atoms with Gasteiger partial charge in [-0.3, -0.25) is 4.79 Å². The molecule has 102 valence electrons. The molecule has 0 atom stereocenters. The molecule has 0 aliphatic carbocycles. The SMILES string of the molecule is COCCOCCNC(=O)c1c[nH]c2ccccc12. The van der Waals surface area contributed by atoms with Gasteiger partial charge in [-0.15, -0.1) is 0 Å². The minimum absolute atomic E-state index is 0.0900. The molecule has 19 heavy (non-hydrogen) atoms. The largest absolute Gasteiger partial charge is 0.382 e. The average molecular weight is 262 g/mol.